The highest BCUT2D eigenvalue weighted by Gasteiger charge is 2.27. The van der Waals surface area contributed by atoms with Crippen LogP contribution in [-0.4, -0.2) is 37.1 Å². The summed E-state index contributed by atoms with van der Waals surface area (Å²) in [5.74, 6) is 0. The van der Waals surface area contributed by atoms with Crippen molar-refractivity contribution in [3.05, 3.63) is 0 Å². The Morgan fingerprint density at radius 2 is 1.85 bits per heavy atom. The Morgan fingerprint density at radius 1 is 1.08 bits per heavy atom. The van der Waals surface area contributed by atoms with Crippen LogP contribution in [-0.2, 0) is 0 Å². The Bertz CT molecular complexity index is 152. The average molecular weight is 182 g/mol. The summed E-state index contributed by atoms with van der Waals surface area (Å²) in [4.78, 5) is 2.71. The van der Waals surface area contributed by atoms with Gasteiger partial charge in [0.15, 0.2) is 0 Å². The molecule has 1 heterocycles. The third kappa shape index (κ3) is 2.23. The molecule has 1 aliphatic heterocycles. The molecule has 2 rings (SSSR count). The molecule has 0 aromatic rings. The van der Waals surface area contributed by atoms with Crippen molar-refractivity contribution in [2.24, 2.45) is 0 Å². The molecule has 1 saturated carbocycles. The van der Waals surface area contributed by atoms with Gasteiger partial charge in [0, 0.05) is 12.1 Å². The summed E-state index contributed by atoms with van der Waals surface area (Å²) in [5, 5.41) is 3.43. The summed E-state index contributed by atoms with van der Waals surface area (Å²) in [6.45, 7) is 2.72. The van der Waals surface area contributed by atoms with Crippen LogP contribution in [0.3, 0.4) is 0 Å². The van der Waals surface area contributed by atoms with Crippen LogP contribution in [0.4, 0.5) is 0 Å². The molecule has 0 aromatic carbocycles. The second kappa shape index (κ2) is 4.43. The lowest BCUT2D eigenvalue weighted by molar-refractivity contribution is 0.171. The van der Waals surface area contributed by atoms with E-state index in [4.69, 9.17) is 0 Å². The van der Waals surface area contributed by atoms with E-state index in [9.17, 15) is 0 Å². The molecule has 0 aromatic heterocycles. The van der Waals surface area contributed by atoms with Crippen LogP contribution in [0.1, 0.15) is 38.5 Å². The summed E-state index contributed by atoms with van der Waals surface area (Å²) in [5.41, 5.74) is 0. The van der Waals surface area contributed by atoms with Crippen molar-refractivity contribution in [1.29, 1.82) is 0 Å². The zero-order valence-corrected chi connectivity index (χ0v) is 8.76. The van der Waals surface area contributed by atoms with Crippen molar-refractivity contribution >= 4 is 0 Å². The molecule has 0 radical (unpaired) electrons. The smallest absolute Gasteiger partial charge is 0.0110 e. The third-order valence-electron chi connectivity index (χ3n) is 3.71. The lowest BCUT2D eigenvalue weighted by atomic mass is 9.90. The van der Waals surface area contributed by atoms with E-state index in [2.05, 4.69) is 17.3 Å². The molecule has 2 nitrogen and oxygen atoms in total. The quantitative estimate of drug-likeness (QED) is 0.698. The minimum atomic E-state index is 0.791. The SMILES string of the molecule is CNC1CCCC(N2CCCC2)C1. The first-order valence-corrected chi connectivity index (χ1v) is 5.81. The van der Waals surface area contributed by atoms with E-state index in [1.54, 1.807) is 0 Å². The molecule has 1 aliphatic carbocycles. The lowest BCUT2D eigenvalue weighted by Crippen LogP contribution is -2.42. The second-order valence-electron chi connectivity index (χ2n) is 4.55. The Morgan fingerprint density at radius 3 is 2.54 bits per heavy atom. The van der Waals surface area contributed by atoms with E-state index >= 15 is 0 Å². The van der Waals surface area contributed by atoms with E-state index in [1.165, 1.54) is 51.6 Å². The highest BCUT2D eigenvalue weighted by atomic mass is 15.2. The van der Waals surface area contributed by atoms with Gasteiger partial charge in [0.05, 0.1) is 0 Å². The molecule has 1 N–H and O–H groups in total. The maximum atomic E-state index is 3.43. The topological polar surface area (TPSA) is 15.3 Å². The predicted octanol–water partition coefficient (Wildman–Crippen LogP) is 1.61. The number of likely N-dealkylation sites (tertiary alicyclic amines) is 1. The standard InChI is InChI=1S/C11H22N2/c1-12-10-5-4-6-11(9-10)13-7-2-3-8-13/h10-12H,2-9H2,1H3. The van der Waals surface area contributed by atoms with Crippen LogP contribution in [0.25, 0.3) is 0 Å². The molecule has 2 heteroatoms. The summed E-state index contributed by atoms with van der Waals surface area (Å²) in [7, 11) is 2.11. The van der Waals surface area contributed by atoms with Crippen molar-refractivity contribution < 1.29 is 0 Å². The fourth-order valence-corrected chi connectivity index (χ4v) is 2.86. The van der Waals surface area contributed by atoms with Gasteiger partial charge in [0.2, 0.25) is 0 Å². The Balaban J connectivity index is 1.84. The summed E-state index contributed by atoms with van der Waals surface area (Å²) >= 11 is 0. The molecule has 2 fully saturated rings. The molecule has 2 aliphatic rings. The fraction of sp³-hybridized carbons (Fsp3) is 1.00. The second-order valence-corrected chi connectivity index (χ2v) is 4.55. The molecule has 2 unspecified atom stereocenters. The Labute approximate surface area is 81.7 Å². The van der Waals surface area contributed by atoms with Crippen LogP contribution >= 0.6 is 0 Å². The monoisotopic (exact) mass is 182 g/mol. The van der Waals surface area contributed by atoms with E-state index in [-0.39, 0.29) is 0 Å². The molecule has 76 valence electrons. The highest BCUT2D eigenvalue weighted by molar-refractivity contribution is 4.85. The molecule has 13 heavy (non-hydrogen) atoms. The van der Waals surface area contributed by atoms with E-state index < -0.39 is 0 Å². The van der Waals surface area contributed by atoms with Crippen molar-refractivity contribution in [2.45, 2.75) is 50.6 Å². The summed E-state index contributed by atoms with van der Waals surface area (Å²) in [6, 6.07) is 1.69. The van der Waals surface area contributed by atoms with E-state index in [0.717, 1.165) is 12.1 Å². The van der Waals surface area contributed by atoms with Crippen LogP contribution in [0, 0.1) is 0 Å². The number of hydrogen-bond acceptors (Lipinski definition) is 2. The summed E-state index contributed by atoms with van der Waals surface area (Å²) < 4.78 is 0. The van der Waals surface area contributed by atoms with Gasteiger partial charge in [-0.05, 0) is 52.2 Å². The van der Waals surface area contributed by atoms with Crippen LogP contribution in [0.15, 0.2) is 0 Å². The van der Waals surface area contributed by atoms with Crippen molar-refractivity contribution in [1.82, 2.24) is 10.2 Å². The zero-order valence-electron chi connectivity index (χ0n) is 8.76. The first-order valence-electron chi connectivity index (χ1n) is 5.81. The van der Waals surface area contributed by atoms with E-state index in [1.807, 2.05) is 0 Å². The molecule has 0 bridgehead atoms. The fourth-order valence-electron chi connectivity index (χ4n) is 2.86. The van der Waals surface area contributed by atoms with Gasteiger partial charge >= 0.3 is 0 Å². The molecule has 1 saturated heterocycles. The molecule has 0 amide bonds. The first kappa shape index (κ1) is 9.47. The molecule has 0 spiro atoms. The van der Waals surface area contributed by atoms with Gasteiger partial charge in [-0.2, -0.15) is 0 Å². The average Bonchev–Trinajstić information content (AvgIpc) is 2.71. The minimum absolute atomic E-state index is 0.791. The van der Waals surface area contributed by atoms with Gasteiger partial charge in [-0.3, -0.25) is 0 Å². The normalized spacial score (nSPS) is 36.7. The van der Waals surface area contributed by atoms with Crippen molar-refractivity contribution in [3.63, 3.8) is 0 Å². The van der Waals surface area contributed by atoms with Crippen LogP contribution in [0.5, 0.6) is 0 Å². The van der Waals surface area contributed by atoms with Gasteiger partial charge in [-0.25, -0.2) is 0 Å². The van der Waals surface area contributed by atoms with Crippen molar-refractivity contribution in [3.8, 4) is 0 Å². The number of nitrogens with zero attached hydrogens (tertiary/aromatic N) is 1. The number of nitrogens with one attached hydrogen (secondary N) is 1. The minimum Gasteiger partial charge on any atom is -0.317 e. The van der Waals surface area contributed by atoms with Gasteiger partial charge in [-0.15, -0.1) is 0 Å². The predicted molar refractivity (Wildman–Crippen MR) is 55.9 cm³/mol. The molecule has 2 atom stereocenters. The van der Waals surface area contributed by atoms with Crippen LogP contribution in [0.2, 0.25) is 0 Å². The molecular formula is C11H22N2. The number of hydrogen-bond donors (Lipinski definition) is 1. The van der Waals surface area contributed by atoms with Gasteiger partial charge in [0.1, 0.15) is 0 Å². The highest BCUT2D eigenvalue weighted by Crippen LogP contribution is 2.25. The van der Waals surface area contributed by atoms with Crippen molar-refractivity contribution in [2.75, 3.05) is 20.1 Å². The Kier molecular flexibility index (Phi) is 3.23. The van der Waals surface area contributed by atoms with Crippen LogP contribution < -0.4 is 5.32 Å². The van der Waals surface area contributed by atoms with Gasteiger partial charge in [0.25, 0.3) is 0 Å². The maximum absolute atomic E-state index is 3.43. The zero-order chi connectivity index (χ0) is 9.10. The third-order valence-corrected chi connectivity index (χ3v) is 3.71. The lowest BCUT2D eigenvalue weighted by Gasteiger charge is -2.35. The molecular weight excluding hydrogens is 160 g/mol. The summed E-state index contributed by atoms with van der Waals surface area (Å²) in [6.07, 6.45) is 8.50. The Hall–Kier alpha value is -0.0800. The number of rotatable bonds is 2. The maximum Gasteiger partial charge on any atom is 0.0110 e. The van der Waals surface area contributed by atoms with Gasteiger partial charge in [-0.1, -0.05) is 6.42 Å². The van der Waals surface area contributed by atoms with E-state index in [0.29, 0.717) is 0 Å². The first-order chi connectivity index (χ1) is 6.40. The largest absolute Gasteiger partial charge is 0.317 e. The van der Waals surface area contributed by atoms with Gasteiger partial charge < -0.3 is 10.2 Å².